The second-order valence-corrected chi connectivity index (χ2v) is 7.17. The molecule has 124 valence electrons. The molecule has 0 spiro atoms. The molecule has 0 unspecified atom stereocenters. The van der Waals surface area contributed by atoms with Crippen LogP contribution in [0.4, 0.5) is 11.4 Å². The molecule has 1 atom stereocenters. The van der Waals surface area contributed by atoms with Crippen LogP contribution in [0.5, 0.6) is 0 Å². The Bertz CT molecular complexity index is 759. The number of nitrogens with zero attached hydrogens (tertiary/aromatic N) is 2. The van der Waals surface area contributed by atoms with Gasteiger partial charge in [-0.25, -0.2) is 0 Å². The van der Waals surface area contributed by atoms with Crippen LogP contribution in [-0.2, 0) is 9.59 Å². The van der Waals surface area contributed by atoms with Gasteiger partial charge in [-0.05, 0) is 43.0 Å². The van der Waals surface area contributed by atoms with E-state index in [4.69, 9.17) is 0 Å². The van der Waals surface area contributed by atoms with E-state index in [9.17, 15) is 9.59 Å². The van der Waals surface area contributed by atoms with Crippen molar-refractivity contribution in [1.82, 2.24) is 4.90 Å². The van der Waals surface area contributed by atoms with E-state index < -0.39 is 0 Å². The Morgan fingerprint density at radius 1 is 1.25 bits per heavy atom. The van der Waals surface area contributed by atoms with E-state index in [0.717, 1.165) is 25.1 Å². The minimum absolute atomic E-state index is 0.0132. The Kier molecular flexibility index (Phi) is 4.08. The Labute approximate surface area is 144 Å². The minimum Gasteiger partial charge on any atom is -0.323 e. The molecule has 1 aromatic heterocycles. The number of para-hydroxylation sites is 2. The Hall–Kier alpha value is -2.18. The topological polar surface area (TPSA) is 52.7 Å². The van der Waals surface area contributed by atoms with Gasteiger partial charge in [0.2, 0.25) is 11.8 Å². The first-order chi connectivity index (χ1) is 11.7. The highest BCUT2D eigenvalue weighted by Gasteiger charge is 2.32. The van der Waals surface area contributed by atoms with Crippen LogP contribution < -0.4 is 10.2 Å². The third-order valence-electron chi connectivity index (χ3n) is 4.65. The van der Waals surface area contributed by atoms with Gasteiger partial charge in [-0.3, -0.25) is 19.4 Å². The summed E-state index contributed by atoms with van der Waals surface area (Å²) in [6.07, 6.45) is 2.19. The summed E-state index contributed by atoms with van der Waals surface area (Å²) in [6.45, 7) is 1.37. The number of amides is 2. The summed E-state index contributed by atoms with van der Waals surface area (Å²) in [5.74, 6) is -0.154. The molecule has 2 amide bonds. The number of hydrogen-bond acceptors (Lipinski definition) is 4. The van der Waals surface area contributed by atoms with Crippen LogP contribution in [0.3, 0.4) is 0 Å². The largest absolute Gasteiger partial charge is 0.323 e. The lowest BCUT2D eigenvalue weighted by Gasteiger charge is -2.31. The average molecular weight is 341 g/mol. The van der Waals surface area contributed by atoms with Crippen molar-refractivity contribution in [2.24, 2.45) is 0 Å². The molecular weight excluding hydrogens is 322 g/mol. The fraction of sp³-hybridized carbons (Fsp3) is 0.333. The molecule has 4 rings (SSSR count). The number of nitrogens with one attached hydrogen (secondary N) is 1. The van der Waals surface area contributed by atoms with Crippen LogP contribution in [0.2, 0.25) is 0 Å². The molecule has 3 heterocycles. The first-order valence-electron chi connectivity index (χ1n) is 8.19. The van der Waals surface area contributed by atoms with Gasteiger partial charge in [0, 0.05) is 10.9 Å². The normalized spacial score (nSPS) is 20.8. The fourth-order valence-corrected chi connectivity index (χ4v) is 4.43. The summed E-state index contributed by atoms with van der Waals surface area (Å²) in [7, 11) is 0. The van der Waals surface area contributed by atoms with Crippen molar-refractivity contribution in [2.45, 2.75) is 18.9 Å². The van der Waals surface area contributed by atoms with Crippen molar-refractivity contribution < 1.29 is 9.59 Å². The zero-order valence-corrected chi connectivity index (χ0v) is 14.1. The van der Waals surface area contributed by atoms with Crippen LogP contribution in [0, 0.1) is 0 Å². The van der Waals surface area contributed by atoms with E-state index in [1.54, 1.807) is 16.2 Å². The van der Waals surface area contributed by atoms with Crippen LogP contribution >= 0.6 is 11.3 Å². The second kappa shape index (κ2) is 6.37. The number of likely N-dealkylation sites (tertiary alicyclic amines) is 1. The number of hydrogen-bond donors (Lipinski definition) is 1. The van der Waals surface area contributed by atoms with Crippen LogP contribution in [0.1, 0.15) is 23.8 Å². The third-order valence-corrected chi connectivity index (χ3v) is 5.62. The average Bonchev–Trinajstić information content (AvgIpc) is 3.25. The standard InChI is InChI=1S/C18H19N3O2S/c22-17-11-21(14-6-2-1-5-13(14)19-17)18(23)12-20-9-3-7-15(20)16-8-4-10-24-16/h1-2,4-6,8,10,15H,3,7,9,11-12H2,(H,19,22)/t15-/m0/s1. The van der Waals surface area contributed by atoms with E-state index in [-0.39, 0.29) is 18.4 Å². The van der Waals surface area contributed by atoms with Crippen LogP contribution in [0.15, 0.2) is 41.8 Å². The van der Waals surface area contributed by atoms with Crippen molar-refractivity contribution in [1.29, 1.82) is 0 Å². The van der Waals surface area contributed by atoms with Crippen molar-refractivity contribution >= 4 is 34.5 Å². The lowest BCUT2D eigenvalue weighted by atomic mass is 10.1. The van der Waals surface area contributed by atoms with Crippen molar-refractivity contribution in [3.8, 4) is 0 Å². The van der Waals surface area contributed by atoms with Crippen molar-refractivity contribution in [3.05, 3.63) is 46.7 Å². The number of anilines is 2. The number of carbonyl (C=O) groups is 2. The first kappa shape index (κ1) is 15.4. The highest BCUT2D eigenvalue weighted by molar-refractivity contribution is 7.10. The maximum absolute atomic E-state index is 12.9. The number of carbonyl (C=O) groups excluding carboxylic acids is 2. The zero-order valence-electron chi connectivity index (χ0n) is 13.3. The summed E-state index contributed by atoms with van der Waals surface area (Å²) < 4.78 is 0. The molecule has 1 aromatic carbocycles. The van der Waals surface area contributed by atoms with Gasteiger partial charge in [0.05, 0.1) is 17.9 Å². The van der Waals surface area contributed by atoms with Gasteiger partial charge in [-0.15, -0.1) is 11.3 Å². The maximum Gasteiger partial charge on any atom is 0.244 e. The van der Waals surface area contributed by atoms with E-state index in [1.807, 2.05) is 24.3 Å². The number of rotatable bonds is 3. The highest BCUT2D eigenvalue weighted by atomic mass is 32.1. The highest BCUT2D eigenvalue weighted by Crippen LogP contribution is 2.35. The molecule has 2 aromatic rings. The Balaban J connectivity index is 1.53. The molecule has 24 heavy (non-hydrogen) atoms. The molecule has 0 saturated carbocycles. The molecule has 0 radical (unpaired) electrons. The Morgan fingerprint density at radius 2 is 2.12 bits per heavy atom. The Morgan fingerprint density at radius 3 is 2.96 bits per heavy atom. The van der Waals surface area contributed by atoms with Crippen LogP contribution in [0.25, 0.3) is 0 Å². The van der Waals surface area contributed by atoms with E-state index in [1.165, 1.54) is 4.88 Å². The molecule has 5 nitrogen and oxygen atoms in total. The van der Waals surface area contributed by atoms with Crippen molar-refractivity contribution in [3.63, 3.8) is 0 Å². The number of fused-ring (bicyclic) bond motifs is 1. The monoisotopic (exact) mass is 341 g/mol. The predicted octanol–water partition coefficient (Wildman–Crippen LogP) is 2.87. The molecule has 0 aliphatic carbocycles. The van der Waals surface area contributed by atoms with Gasteiger partial charge < -0.3 is 5.32 Å². The fourth-order valence-electron chi connectivity index (χ4n) is 3.53. The van der Waals surface area contributed by atoms with Gasteiger partial charge in [0.25, 0.3) is 0 Å². The summed E-state index contributed by atoms with van der Waals surface area (Å²) in [6, 6.07) is 12.0. The summed E-state index contributed by atoms with van der Waals surface area (Å²) in [5.41, 5.74) is 1.49. The molecule has 2 aliphatic heterocycles. The second-order valence-electron chi connectivity index (χ2n) is 6.19. The predicted molar refractivity (Wildman–Crippen MR) is 95.3 cm³/mol. The summed E-state index contributed by atoms with van der Waals surface area (Å²) in [5, 5.41) is 4.91. The van der Waals surface area contributed by atoms with Gasteiger partial charge in [-0.1, -0.05) is 18.2 Å². The van der Waals surface area contributed by atoms with Crippen LogP contribution in [-0.4, -0.2) is 36.3 Å². The van der Waals surface area contributed by atoms with Gasteiger partial charge >= 0.3 is 0 Å². The molecule has 1 N–H and O–H groups in total. The summed E-state index contributed by atoms with van der Waals surface area (Å²) >= 11 is 1.74. The molecule has 2 aliphatic rings. The lowest BCUT2D eigenvalue weighted by Crippen LogP contribution is -2.46. The van der Waals surface area contributed by atoms with Crippen molar-refractivity contribution in [2.75, 3.05) is 29.9 Å². The quantitative estimate of drug-likeness (QED) is 0.934. The van der Waals surface area contributed by atoms with Gasteiger partial charge in [0.15, 0.2) is 0 Å². The molecule has 1 saturated heterocycles. The summed E-state index contributed by atoms with van der Waals surface area (Å²) in [4.78, 5) is 30.0. The van der Waals surface area contributed by atoms with E-state index >= 15 is 0 Å². The van der Waals surface area contributed by atoms with Gasteiger partial charge in [0.1, 0.15) is 6.54 Å². The first-order valence-corrected chi connectivity index (χ1v) is 9.07. The maximum atomic E-state index is 12.9. The lowest BCUT2D eigenvalue weighted by molar-refractivity contribution is -0.122. The molecule has 0 bridgehead atoms. The number of benzene rings is 1. The molecular formula is C18H19N3O2S. The third kappa shape index (κ3) is 2.83. The van der Waals surface area contributed by atoms with Gasteiger partial charge in [-0.2, -0.15) is 0 Å². The smallest absolute Gasteiger partial charge is 0.244 e. The SMILES string of the molecule is O=C1CN(C(=O)CN2CCC[C@H]2c2cccs2)c2ccccc2N1. The van der Waals surface area contributed by atoms with E-state index in [2.05, 4.69) is 27.7 Å². The zero-order chi connectivity index (χ0) is 16.5. The number of thiophene rings is 1. The van der Waals surface area contributed by atoms with E-state index in [0.29, 0.717) is 18.3 Å². The minimum atomic E-state index is -0.140. The molecule has 1 fully saturated rings. The molecule has 6 heteroatoms.